The van der Waals surface area contributed by atoms with Crippen LogP contribution in [0.4, 0.5) is 0 Å². The molecule has 0 spiro atoms. The Bertz CT molecular complexity index is 367. The number of piperidine rings is 1. The maximum atomic E-state index is 5.42. The van der Waals surface area contributed by atoms with Crippen LogP contribution in [0.5, 0.6) is 5.88 Å². The summed E-state index contributed by atoms with van der Waals surface area (Å²) in [5, 5.41) is 8.00. The van der Waals surface area contributed by atoms with Gasteiger partial charge >= 0.3 is 0 Å². The number of ether oxygens (including phenoxy) is 1. The first-order valence-electron chi connectivity index (χ1n) is 6.52. The van der Waals surface area contributed by atoms with Crippen molar-refractivity contribution in [1.82, 2.24) is 15.1 Å². The summed E-state index contributed by atoms with van der Waals surface area (Å²) in [6.45, 7) is 3.24. The molecule has 1 aromatic rings. The molecule has 17 heavy (non-hydrogen) atoms. The minimum atomic E-state index is 0.674. The molecule has 1 aliphatic heterocycles. The molecule has 4 heteroatoms. The molecule has 1 N–H and O–H groups in total. The summed E-state index contributed by atoms with van der Waals surface area (Å²) in [6.07, 6.45) is 6.23. The molecular weight excluding hydrogens is 214 g/mol. The van der Waals surface area contributed by atoms with Crippen LogP contribution in [0.2, 0.25) is 0 Å². The average molecular weight is 237 g/mol. The Morgan fingerprint density at radius 2 is 2.29 bits per heavy atom. The van der Waals surface area contributed by atoms with Crippen molar-refractivity contribution in [3.63, 3.8) is 0 Å². The molecule has 0 radical (unpaired) electrons. The zero-order valence-corrected chi connectivity index (χ0v) is 11.1. The van der Waals surface area contributed by atoms with E-state index in [0.717, 1.165) is 18.0 Å². The second-order valence-corrected chi connectivity index (χ2v) is 4.88. The zero-order valence-electron chi connectivity index (χ0n) is 11.1. The van der Waals surface area contributed by atoms with Crippen molar-refractivity contribution in [1.29, 1.82) is 0 Å². The second-order valence-electron chi connectivity index (χ2n) is 4.88. The summed E-state index contributed by atoms with van der Waals surface area (Å²) in [7, 11) is 3.66. The van der Waals surface area contributed by atoms with E-state index >= 15 is 0 Å². The Labute approximate surface area is 103 Å². The van der Waals surface area contributed by atoms with E-state index in [1.807, 2.05) is 11.7 Å². The smallest absolute Gasteiger partial charge is 0.214 e. The van der Waals surface area contributed by atoms with Gasteiger partial charge in [-0.05, 0) is 39.2 Å². The van der Waals surface area contributed by atoms with Gasteiger partial charge in [-0.1, -0.05) is 6.42 Å². The standard InChI is InChI=1S/C13H23N3O/c1-10-12(13(17-3)16(2)15-10)8-7-11-6-4-5-9-14-11/h11,14H,4-9H2,1-3H3. The van der Waals surface area contributed by atoms with E-state index in [-0.39, 0.29) is 0 Å². The number of hydrogen-bond acceptors (Lipinski definition) is 3. The van der Waals surface area contributed by atoms with Gasteiger partial charge in [0.05, 0.1) is 12.8 Å². The summed E-state index contributed by atoms with van der Waals surface area (Å²) in [5.74, 6) is 0.915. The van der Waals surface area contributed by atoms with E-state index in [4.69, 9.17) is 4.74 Å². The van der Waals surface area contributed by atoms with Gasteiger partial charge in [0, 0.05) is 18.7 Å². The highest BCUT2D eigenvalue weighted by molar-refractivity contribution is 5.31. The molecule has 1 aliphatic rings. The van der Waals surface area contributed by atoms with E-state index in [9.17, 15) is 0 Å². The van der Waals surface area contributed by atoms with Crippen LogP contribution >= 0.6 is 0 Å². The zero-order chi connectivity index (χ0) is 12.3. The number of methoxy groups -OCH3 is 1. The van der Waals surface area contributed by atoms with Crippen molar-refractivity contribution in [2.24, 2.45) is 7.05 Å². The Kier molecular flexibility index (Phi) is 4.05. The van der Waals surface area contributed by atoms with Gasteiger partial charge < -0.3 is 10.1 Å². The van der Waals surface area contributed by atoms with Crippen LogP contribution in [0.25, 0.3) is 0 Å². The third-order valence-electron chi connectivity index (χ3n) is 3.64. The van der Waals surface area contributed by atoms with Gasteiger partial charge in [-0.3, -0.25) is 0 Å². The van der Waals surface area contributed by atoms with Gasteiger partial charge in [0.25, 0.3) is 0 Å². The van der Waals surface area contributed by atoms with E-state index in [1.165, 1.54) is 37.8 Å². The minimum Gasteiger partial charge on any atom is -0.481 e. The molecule has 1 fully saturated rings. The summed E-state index contributed by atoms with van der Waals surface area (Å²) < 4.78 is 7.25. The number of rotatable bonds is 4. The molecule has 2 rings (SSSR count). The molecule has 1 aromatic heterocycles. The Hall–Kier alpha value is -1.03. The molecule has 1 atom stereocenters. The topological polar surface area (TPSA) is 39.1 Å². The van der Waals surface area contributed by atoms with Crippen molar-refractivity contribution < 1.29 is 4.74 Å². The molecule has 0 saturated carbocycles. The fourth-order valence-corrected chi connectivity index (χ4v) is 2.71. The number of nitrogens with one attached hydrogen (secondary N) is 1. The van der Waals surface area contributed by atoms with Crippen LogP contribution in [0.15, 0.2) is 0 Å². The van der Waals surface area contributed by atoms with Crippen LogP contribution in [0, 0.1) is 6.92 Å². The monoisotopic (exact) mass is 237 g/mol. The van der Waals surface area contributed by atoms with E-state index in [1.54, 1.807) is 7.11 Å². The fourth-order valence-electron chi connectivity index (χ4n) is 2.71. The van der Waals surface area contributed by atoms with E-state index < -0.39 is 0 Å². The Balaban J connectivity index is 1.97. The van der Waals surface area contributed by atoms with Gasteiger partial charge in [-0.2, -0.15) is 5.10 Å². The predicted octanol–water partition coefficient (Wildman–Crippen LogP) is 1.81. The lowest BCUT2D eigenvalue weighted by molar-refractivity contribution is 0.361. The number of aryl methyl sites for hydroxylation is 2. The number of hydrogen-bond donors (Lipinski definition) is 1. The third kappa shape index (κ3) is 2.80. The first-order valence-corrected chi connectivity index (χ1v) is 6.52. The molecule has 1 unspecified atom stereocenters. The molecule has 96 valence electrons. The largest absolute Gasteiger partial charge is 0.481 e. The van der Waals surface area contributed by atoms with Crippen molar-refractivity contribution in [2.45, 2.75) is 45.1 Å². The highest BCUT2D eigenvalue weighted by Crippen LogP contribution is 2.24. The lowest BCUT2D eigenvalue weighted by atomic mass is 9.98. The van der Waals surface area contributed by atoms with Gasteiger partial charge in [-0.25, -0.2) is 4.68 Å². The molecule has 0 aliphatic carbocycles. The average Bonchev–Trinajstić information content (AvgIpc) is 2.62. The third-order valence-corrected chi connectivity index (χ3v) is 3.64. The summed E-state index contributed by atoms with van der Waals surface area (Å²) >= 11 is 0. The Morgan fingerprint density at radius 3 is 2.94 bits per heavy atom. The Morgan fingerprint density at radius 1 is 1.47 bits per heavy atom. The maximum absolute atomic E-state index is 5.42. The van der Waals surface area contributed by atoms with Crippen molar-refractivity contribution in [3.05, 3.63) is 11.3 Å². The predicted molar refractivity (Wildman–Crippen MR) is 68.5 cm³/mol. The number of nitrogens with zero attached hydrogens (tertiary/aromatic N) is 2. The normalized spacial score (nSPS) is 20.5. The van der Waals surface area contributed by atoms with Crippen LogP contribution < -0.4 is 10.1 Å². The fraction of sp³-hybridized carbons (Fsp3) is 0.769. The lowest BCUT2D eigenvalue weighted by Crippen LogP contribution is -2.34. The van der Waals surface area contributed by atoms with Crippen molar-refractivity contribution >= 4 is 0 Å². The van der Waals surface area contributed by atoms with Gasteiger partial charge in [-0.15, -0.1) is 0 Å². The van der Waals surface area contributed by atoms with Gasteiger partial charge in [0.15, 0.2) is 0 Å². The highest BCUT2D eigenvalue weighted by atomic mass is 16.5. The van der Waals surface area contributed by atoms with E-state index in [2.05, 4.69) is 17.3 Å². The summed E-state index contributed by atoms with van der Waals surface area (Å²) in [4.78, 5) is 0. The molecule has 1 saturated heterocycles. The van der Waals surface area contributed by atoms with Gasteiger partial charge in [0.1, 0.15) is 0 Å². The van der Waals surface area contributed by atoms with Crippen LogP contribution in [-0.2, 0) is 13.5 Å². The minimum absolute atomic E-state index is 0.674. The molecule has 0 aromatic carbocycles. The SMILES string of the molecule is COc1c(CCC2CCCCN2)c(C)nn1C. The van der Waals surface area contributed by atoms with Crippen molar-refractivity contribution in [3.8, 4) is 5.88 Å². The summed E-state index contributed by atoms with van der Waals surface area (Å²) in [6, 6.07) is 0.674. The van der Waals surface area contributed by atoms with E-state index in [0.29, 0.717) is 6.04 Å². The van der Waals surface area contributed by atoms with Crippen LogP contribution in [0.3, 0.4) is 0 Å². The van der Waals surface area contributed by atoms with Gasteiger partial charge in [0.2, 0.25) is 5.88 Å². The molecule has 0 bridgehead atoms. The lowest BCUT2D eigenvalue weighted by Gasteiger charge is -2.23. The second kappa shape index (κ2) is 5.54. The molecule has 0 amide bonds. The first kappa shape index (κ1) is 12.4. The van der Waals surface area contributed by atoms with Crippen molar-refractivity contribution in [2.75, 3.05) is 13.7 Å². The maximum Gasteiger partial charge on any atom is 0.214 e. The summed E-state index contributed by atoms with van der Waals surface area (Å²) in [5.41, 5.74) is 2.36. The highest BCUT2D eigenvalue weighted by Gasteiger charge is 2.17. The molecule has 4 nitrogen and oxygen atoms in total. The molecule has 2 heterocycles. The number of aromatic nitrogens is 2. The van der Waals surface area contributed by atoms with Crippen LogP contribution in [0.1, 0.15) is 36.9 Å². The first-order chi connectivity index (χ1) is 8.22. The quantitative estimate of drug-likeness (QED) is 0.868. The molecular formula is C13H23N3O. The van der Waals surface area contributed by atoms with Crippen LogP contribution in [-0.4, -0.2) is 29.5 Å².